The Balaban J connectivity index is 2.10. The van der Waals surface area contributed by atoms with Crippen LogP contribution in [0.2, 0.25) is 5.02 Å². The van der Waals surface area contributed by atoms with Gasteiger partial charge in [0.25, 0.3) is 0 Å². The minimum Gasteiger partial charge on any atom is -0.313 e. The molecule has 0 bridgehead atoms. The van der Waals surface area contributed by atoms with E-state index in [9.17, 15) is 4.39 Å². The Hall–Kier alpha value is -0.900. The summed E-state index contributed by atoms with van der Waals surface area (Å²) in [6.07, 6.45) is 1.45. The third-order valence-electron chi connectivity index (χ3n) is 3.37. The second kappa shape index (κ2) is 7.21. The van der Waals surface area contributed by atoms with Crippen molar-refractivity contribution in [1.82, 2.24) is 5.32 Å². The molecular weight excluding hydrogens is 341 g/mol. The lowest BCUT2D eigenvalue weighted by Crippen LogP contribution is -2.17. The fourth-order valence-corrected chi connectivity index (χ4v) is 2.71. The Morgan fingerprint density at radius 3 is 2.55 bits per heavy atom. The van der Waals surface area contributed by atoms with Gasteiger partial charge >= 0.3 is 0 Å². The van der Waals surface area contributed by atoms with Gasteiger partial charge in [0.2, 0.25) is 0 Å². The number of benzene rings is 2. The molecule has 0 amide bonds. The summed E-state index contributed by atoms with van der Waals surface area (Å²) in [6.45, 7) is 0. The van der Waals surface area contributed by atoms with Crippen LogP contribution in [0, 0.1) is 5.82 Å². The summed E-state index contributed by atoms with van der Waals surface area (Å²) in [6, 6.07) is 13.9. The second-order valence-electron chi connectivity index (χ2n) is 4.63. The maximum Gasteiger partial charge on any atom is 0.146 e. The molecule has 0 radical (unpaired) electrons. The largest absolute Gasteiger partial charge is 0.313 e. The lowest BCUT2D eigenvalue weighted by molar-refractivity contribution is 0.534. The Morgan fingerprint density at radius 2 is 1.90 bits per heavy atom. The molecular formula is C16H16BrClFN. The van der Waals surface area contributed by atoms with Gasteiger partial charge in [-0.25, -0.2) is 4.39 Å². The van der Waals surface area contributed by atoms with Crippen LogP contribution in [-0.2, 0) is 6.42 Å². The summed E-state index contributed by atoms with van der Waals surface area (Å²) in [4.78, 5) is 0. The fraction of sp³-hybridized carbons (Fsp3) is 0.250. The van der Waals surface area contributed by atoms with Crippen LogP contribution < -0.4 is 5.32 Å². The molecule has 106 valence electrons. The lowest BCUT2D eigenvalue weighted by atomic mass is 9.99. The van der Waals surface area contributed by atoms with Crippen LogP contribution in [0.1, 0.15) is 23.6 Å². The highest BCUT2D eigenvalue weighted by atomic mass is 79.9. The van der Waals surface area contributed by atoms with E-state index >= 15 is 0 Å². The standard InChI is InChI=1S/C16H16BrClFN/c1-20-14(11-5-3-2-4-6-11)10-8-12-7-9-13(17)15(18)16(12)19/h2-7,9,14,20H,8,10H2,1H3. The van der Waals surface area contributed by atoms with Gasteiger partial charge in [-0.15, -0.1) is 0 Å². The van der Waals surface area contributed by atoms with Gasteiger partial charge in [0.15, 0.2) is 0 Å². The van der Waals surface area contributed by atoms with E-state index in [0.717, 1.165) is 6.42 Å². The monoisotopic (exact) mass is 355 g/mol. The number of nitrogens with one attached hydrogen (secondary N) is 1. The molecule has 2 aromatic rings. The molecule has 1 atom stereocenters. The van der Waals surface area contributed by atoms with Crippen molar-refractivity contribution < 1.29 is 4.39 Å². The first-order valence-corrected chi connectivity index (χ1v) is 7.65. The normalized spacial score (nSPS) is 12.4. The molecule has 20 heavy (non-hydrogen) atoms. The van der Waals surface area contributed by atoms with Crippen LogP contribution in [0.3, 0.4) is 0 Å². The fourth-order valence-electron chi connectivity index (χ4n) is 2.22. The van der Waals surface area contributed by atoms with Gasteiger partial charge in [0, 0.05) is 10.5 Å². The SMILES string of the molecule is CNC(CCc1ccc(Br)c(Cl)c1F)c1ccccc1. The average molecular weight is 357 g/mol. The summed E-state index contributed by atoms with van der Waals surface area (Å²) in [5.41, 5.74) is 1.85. The first kappa shape index (κ1) is 15.5. The van der Waals surface area contributed by atoms with Crippen molar-refractivity contribution in [3.63, 3.8) is 0 Å². The van der Waals surface area contributed by atoms with Gasteiger partial charge < -0.3 is 5.32 Å². The number of aryl methyl sites for hydroxylation is 1. The van der Waals surface area contributed by atoms with Crippen LogP contribution in [0.15, 0.2) is 46.9 Å². The topological polar surface area (TPSA) is 12.0 Å². The molecule has 0 fully saturated rings. The molecule has 0 spiro atoms. The first-order valence-electron chi connectivity index (χ1n) is 6.48. The van der Waals surface area contributed by atoms with Crippen LogP contribution >= 0.6 is 27.5 Å². The Morgan fingerprint density at radius 1 is 1.20 bits per heavy atom. The Labute approximate surface area is 132 Å². The van der Waals surface area contributed by atoms with Crippen LogP contribution in [0.5, 0.6) is 0 Å². The van der Waals surface area contributed by atoms with E-state index in [1.54, 1.807) is 12.1 Å². The van der Waals surface area contributed by atoms with Crippen molar-refractivity contribution >= 4 is 27.5 Å². The minimum atomic E-state index is -0.330. The lowest BCUT2D eigenvalue weighted by Gasteiger charge is -2.17. The van der Waals surface area contributed by atoms with Crippen molar-refractivity contribution in [2.45, 2.75) is 18.9 Å². The third-order valence-corrected chi connectivity index (χ3v) is 4.63. The maximum atomic E-state index is 14.0. The summed E-state index contributed by atoms with van der Waals surface area (Å²) >= 11 is 9.14. The average Bonchev–Trinajstić information content (AvgIpc) is 2.48. The molecule has 0 aliphatic rings. The summed E-state index contributed by atoms with van der Waals surface area (Å²) in [5, 5.41) is 3.43. The van der Waals surface area contributed by atoms with Gasteiger partial charge in [-0.1, -0.05) is 48.0 Å². The summed E-state index contributed by atoms with van der Waals surface area (Å²) in [5.74, 6) is -0.330. The van der Waals surface area contributed by atoms with E-state index in [2.05, 4.69) is 33.4 Å². The maximum absolute atomic E-state index is 14.0. The van der Waals surface area contributed by atoms with Gasteiger partial charge in [-0.2, -0.15) is 0 Å². The first-order chi connectivity index (χ1) is 9.63. The van der Waals surface area contributed by atoms with E-state index in [4.69, 9.17) is 11.6 Å². The zero-order chi connectivity index (χ0) is 14.5. The molecule has 1 N–H and O–H groups in total. The highest BCUT2D eigenvalue weighted by molar-refractivity contribution is 9.10. The van der Waals surface area contributed by atoms with E-state index in [1.807, 2.05) is 25.2 Å². The Kier molecular flexibility index (Phi) is 5.58. The van der Waals surface area contributed by atoms with Crippen LogP contribution in [0.25, 0.3) is 0 Å². The summed E-state index contributed by atoms with van der Waals surface area (Å²) < 4.78 is 14.6. The molecule has 0 heterocycles. The van der Waals surface area contributed by atoms with Crippen molar-refractivity contribution in [3.8, 4) is 0 Å². The number of rotatable bonds is 5. The molecule has 4 heteroatoms. The molecule has 0 aliphatic carbocycles. The molecule has 0 aromatic heterocycles. The highest BCUT2D eigenvalue weighted by Crippen LogP contribution is 2.29. The number of hydrogen-bond acceptors (Lipinski definition) is 1. The zero-order valence-electron chi connectivity index (χ0n) is 11.2. The molecule has 2 aromatic carbocycles. The van der Waals surface area contributed by atoms with Crippen LogP contribution in [-0.4, -0.2) is 7.05 Å². The molecule has 1 unspecified atom stereocenters. The van der Waals surface area contributed by atoms with Crippen molar-refractivity contribution in [2.75, 3.05) is 7.05 Å². The number of halogens is 3. The van der Waals surface area contributed by atoms with Gasteiger partial charge in [0.05, 0.1) is 5.02 Å². The zero-order valence-corrected chi connectivity index (χ0v) is 13.5. The van der Waals surface area contributed by atoms with E-state index < -0.39 is 0 Å². The van der Waals surface area contributed by atoms with E-state index in [1.165, 1.54) is 5.56 Å². The second-order valence-corrected chi connectivity index (χ2v) is 5.86. The van der Waals surface area contributed by atoms with Crippen molar-refractivity contribution in [3.05, 3.63) is 68.9 Å². The summed E-state index contributed by atoms with van der Waals surface area (Å²) in [7, 11) is 1.92. The molecule has 1 nitrogen and oxygen atoms in total. The van der Waals surface area contributed by atoms with Crippen molar-refractivity contribution in [1.29, 1.82) is 0 Å². The predicted octanol–water partition coefficient (Wildman–Crippen LogP) is 5.13. The number of hydrogen-bond donors (Lipinski definition) is 1. The van der Waals surface area contributed by atoms with Gasteiger partial charge in [-0.3, -0.25) is 0 Å². The van der Waals surface area contributed by atoms with Gasteiger partial charge in [0.1, 0.15) is 5.82 Å². The van der Waals surface area contributed by atoms with Gasteiger partial charge in [-0.05, 0) is 53.0 Å². The molecule has 0 aliphatic heterocycles. The van der Waals surface area contributed by atoms with E-state index in [0.29, 0.717) is 16.5 Å². The predicted molar refractivity (Wildman–Crippen MR) is 85.7 cm³/mol. The van der Waals surface area contributed by atoms with Crippen LogP contribution in [0.4, 0.5) is 4.39 Å². The smallest absolute Gasteiger partial charge is 0.146 e. The third kappa shape index (κ3) is 3.60. The molecule has 2 rings (SSSR count). The quantitative estimate of drug-likeness (QED) is 0.732. The van der Waals surface area contributed by atoms with E-state index in [-0.39, 0.29) is 16.9 Å². The molecule has 0 saturated carbocycles. The van der Waals surface area contributed by atoms with Crippen molar-refractivity contribution in [2.24, 2.45) is 0 Å². The molecule has 0 saturated heterocycles. The minimum absolute atomic E-state index is 0.156. The Bertz CT molecular complexity index is 574. The highest BCUT2D eigenvalue weighted by Gasteiger charge is 2.13.